The number of thiol groups is 1. The maximum Gasteiger partial charge on any atom is 0.349 e. The smallest absolute Gasteiger partial charge is 0.349 e. The first-order valence-corrected chi connectivity index (χ1v) is 49.7. The van der Waals surface area contributed by atoms with Gasteiger partial charge < -0.3 is 49.4 Å². The third kappa shape index (κ3) is 14.4. The average molecular weight is 1980 g/mol. The molecule has 16 aliphatic rings. The second kappa shape index (κ2) is 35.6. The van der Waals surface area contributed by atoms with Gasteiger partial charge in [0.05, 0.1) is 29.6 Å². The summed E-state index contributed by atoms with van der Waals surface area (Å²) in [6.45, 7) is 26.1. The minimum Gasteiger partial charge on any atom is -0.478 e. The Morgan fingerprint density at radius 1 is 0.400 bits per heavy atom. The van der Waals surface area contributed by atoms with Crippen molar-refractivity contribution in [2.45, 2.75) is 308 Å². The number of esters is 4. The summed E-state index contributed by atoms with van der Waals surface area (Å²) in [6.07, 6.45) is 1.40. The van der Waals surface area contributed by atoms with Crippen molar-refractivity contribution in [3.05, 3.63) is 95.2 Å². The van der Waals surface area contributed by atoms with E-state index in [1.54, 1.807) is 83.1 Å². The summed E-state index contributed by atoms with van der Waals surface area (Å²) < 4.78 is 154. The molecule has 16 rings (SSSR count). The molecule has 35 heteroatoms. The summed E-state index contributed by atoms with van der Waals surface area (Å²) >= 11 is 11.2. The molecule has 1 amide bonds. The number of aliphatic hydroxyl groups is 4. The number of halogens is 9. The average Bonchev–Trinajstić information content (AvgIpc) is 1.58. The summed E-state index contributed by atoms with van der Waals surface area (Å²) in [7, 11) is 2.99. The lowest BCUT2D eigenvalue weighted by Crippen LogP contribution is -2.71. The molecule has 744 valence electrons. The van der Waals surface area contributed by atoms with Crippen LogP contribution >= 0.6 is 47.8 Å². The monoisotopic (exact) mass is 1980 g/mol. The molecule has 0 aromatic heterocycles. The lowest BCUT2D eigenvalue weighted by molar-refractivity contribution is -0.237. The number of thioether (sulfide) groups is 2. The van der Waals surface area contributed by atoms with Crippen LogP contribution in [0.25, 0.3) is 0 Å². The molecule has 36 atom stereocenters. The molecular weight excluding hydrogens is 1850 g/mol. The van der Waals surface area contributed by atoms with E-state index >= 15 is 35.1 Å². The van der Waals surface area contributed by atoms with Crippen molar-refractivity contribution in [3.63, 3.8) is 0 Å². The first-order chi connectivity index (χ1) is 62.5. The van der Waals surface area contributed by atoms with Crippen LogP contribution < -0.4 is 0 Å². The van der Waals surface area contributed by atoms with Crippen LogP contribution in [0, 0.1) is 114 Å². The van der Waals surface area contributed by atoms with Crippen LogP contribution in [0.1, 0.15) is 214 Å². The van der Waals surface area contributed by atoms with Gasteiger partial charge in [-0.2, -0.15) is 0 Å². The van der Waals surface area contributed by atoms with Gasteiger partial charge in [0.1, 0.15) is 24.7 Å². The van der Waals surface area contributed by atoms with Crippen molar-refractivity contribution in [1.82, 2.24) is 4.90 Å². The number of carbonyl (C=O) groups excluding carboxylic acids is 12. The predicted octanol–water partition coefficient (Wildman–Crippen LogP) is 15.9. The second-order valence-electron chi connectivity index (χ2n) is 42.9. The van der Waals surface area contributed by atoms with Crippen LogP contribution in [0.5, 0.6) is 0 Å². The summed E-state index contributed by atoms with van der Waals surface area (Å²) in [5.41, 5.74) is -26.9. The summed E-state index contributed by atoms with van der Waals surface area (Å²) in [6, 6.07) is 0. The first kappa shape index (κ1) is 105. The number of aliphatic hydroxyl groups excluding tert-OH is 4. The second-order valence-corrected chi connectivity index (χ2v) is 45.8. The largest absolute Gasteiger partial charge is 0.478 e. The third-order valence-corrected chi connectivity index (χ3v) is 39.3. The molecule has 0 bridgehead atoms. The Bertz CT molecular complexity index is 5090. The van der Waals surface area contributed by atoms with Crippen molar-refractivity contribution in [3.8, 4) is 0 Å². The standard InChI is InChI=1S/C27H35F2NO6S.C25H31ClF2O5S.C24H30F2O6.C24H30F2O5S/c1-7-21(33)36-27(22(34)37-23(35)30(5)6)14(2)10-16-17-12-19(28)18-11-15(31)8-9-24(18,3)26(17,29)20(32)13-25(16,27)4;1-5-20(31)33-25(21(32)34-12-26)13(2)8-15-16-10-18(27)17-9-14(29)6-7-22(17,3)24(16,28)19(30)11-23(15,25)4;1-5-19(29)32-24(20(30)31)12(2)8-14-15-10-17(25)16-9-13(27)6-7-21(16,3)23(15,26)18(28)11-22(14,24)4;1-5-19(29)31-24(20(30)32)12(2)8-14-15-10-17(25)16-9-13(27)6-7-21(16,3)23(15,26)18(28)11-22(14,24)4/h8-9,11,14,16-17,19-20,32H,7,10,12-13H2,1-6H3;6-7,9,13,15-16,18-19,30H,5,8,10-12H2,1-4H3;6-7,9,12,14-15,17-18,28H,5,8,10-11H2,1-4H3,(H,30,31);6-7,9,12,14-15,17-18,28H,5,8,10-11H2,1-4H3,(H,30,32)/t14-,16?,17?,19+,20+,24+,25+,26+,27+;13-,15?,16?,18+,19+,22+,23+,24+,25+;2*12-,14?,15?,17+,18+,21+,22+,23+,24+/m1111/s1. The van der Waals surface area contributed by atoms with Crippen LogP contribution in [-0.4, -0.2) is 217 Å². The molecule has 12 saturated carbocycles. The normalized spacial score (nSPS) is 47.6. The van der Waals surface area contributed by atoms with Crippen LogP contribution in [0.4, 0.5) is 39.9 Å². The Hall–Kier alpha value is -6.95. The molecule has 0 radical (unpaired) electrons. The van der Waals surface area contributed by atoms with Crippen molar-refractivity contribution in [2.75, 3.05) is 19.3 Å². The zero-order valence-electron chi connectivity index (χ0n) is 79.3. The quantitative estimate of drug-likeness (QED) is 0.0328. The fourth-order valence-corrected chi connectivity index (χ4v) is 32.9. The molecule has 12 fully saturated rings. The van der Waals surface area contributed by atoms with Gasteiger partial charge >= 0.3 is 29.8 Å². The molecular formula is C100H126ClF8NO22S3. The maximum absolute atomic E-state index is 17.4. The summed E-state index contributed by atoms with van der Waals surface area (Å²) in [4.78, 5) is 164. The van der Waals surface area contributed by atoms with E-state index in [2.05, 4.69) is 12.6 Å². The van der Waals surface area contributed by atoms with Crippen LogP contribution in [-0.2, 0) is 76.5 Å². The summed E-state index contributed by atoms with van der Waals surface area (Å²) in [5, 5.41) is 53.4. The number of ketones is 4. The highest BCUT2D eigenvalue weighted by molar-refractivity contribution is 8.26. The van der Waals surface area contributed by atoms with E-state index in [-0.39, 0.29) is 117 Å². The van der Waals surface area contributed by atoms with E-state index in [1.165, 1.54) is 95.3 Å². The van der Waals surface area contributed by atoms with E-state index in [1.807, 2.05) is 0 Å². The Morgan fingerprint density at radius 3 is 0.874 bits per heavy atom. The van der Waals surface area contributed by atoms with Crippen molar-refractivity contribution < 1.29 is 142 Å². The van der Waals surface area contributed by atoms with E-state index < -0.39 is 282 Å². The molecule has 0 spiro atoms. The molecule has 5 N–H and O–H groups in total. The predicted molar refractivity (Wildman–Crippen MR) is 486 cm³/mol. The number of hydrogen-bond acceptors (Lipinski definition) is 23. The van der Waals surface area contributed by atoms with Gasteiger partial charge in [-0.1, -0.05) is 119 Å². The number of fused-ring (bicyclic) bond motifs is 20. The first-order valence-electron chi connectivity index (χ1n) is 46.9. The van der Waals surface area contributed by atoms with Crippen molar-refractivity contribution in [1.29, 1.82) is 0 Å². The van der Waals surface area contributed by atoms with Crippen LogP contribution in [0.3, 0.4) is 0 Å². The lowest BCUT2D eigenvalue weighted by Gasteiger charge is -2.63. The summed E-state index contributed by atoms with van der Waals surface area (Å²) in [5.74, 6) is -14.0. The fraction of sp³-hybridized carbons (Fsp3) is 0.710. The van der Waals surface area contributed by atoms with E-state index in [4.69, 9.17) is 30.5 Å². The lowest BCUT2D eigenvalue weighted by atomic mass is 9.44. The molecule has 16 aliphatic carbocycles. The van der Waals surface area contributed by atoms with Crippen LogP contribution in [0.2, 0.25) is 0 Å². The number of allylic oxidation sites excluding steroid dienone is 16. The number of amides is 1. The third-order valence-electron chi connectivity index (χ3n) is 36.9. The highest BCUT2D eigenvalue weighted by atomic mass is 35.5. The molecule has 0 aromatic rings. The molecule has 0 aliphatic heterocycles. The van der Waals surface area contributed by atoms with Gasteiger partial charge in [0.25, 0.3) is 5.24 Å². The minimum atomic E-state index is -2.32. The van der Waals surface area contributed by atoms with Gasteiger partial charge in [-0.05, 0) is 199 Å². The van der Waals surface area contributed by atoms with Gasteiger partial charge in [0, 0.05) is 142 Å². The number of carboxylic acids is 1. The number of carbonyl (C=O) groups is 13. The van der Waals surface area contributed by atoms with Crippen molar-refractivity contribution in [2.24, 2.45) is 114 Å². The van der Waals surface area contributed by atoms with E-state index in [0.717, 1.165) is 36.1 Å². The van der Waals surface area contributed by atoms with Gasteiger partial charge in [-0.15, -0.1) is 24.2 Å². The molecule has 0 heterocycles. The number of carboxylic acid groups (broad SMARTS) is 1. The van der Waals surface area contributed by atoms with E-state index in [0.29, 0.717) is 24.6 Å². The van der Waals surface area contributed by atoms with E-state index in [9.17, 15) is 87.9 Å². The Balaban J connectivity index is 0.000000153. The number of aliphatic carboxylic acids is 1. The fourth-order valence-electron chi connectivity index (χ4n) is 30.3. The zero-order valence-corrected chi connectivity index (χ0v) is 82.6. The minimum absolute atomic E-state index is 0.0133. The zero-order chi connectivity index (χ0) is 101. The highest BCUT2D eigenvalue weighted by Gasteiger charge is 2.84. The molecule has 0 aromatic carbocycles. The van der Waals surface area contributed by atoms with Gasteiger partial charge in [-0.3, -0.25) is 57.5 Å². The molecule has 0 saturated heterocycles. The number of nitrogens with zero attached hydrogens (tertiary/aromatic N) is 1. The Kier molecular flexibility index (Phi) is 27.8. The molecule has 23 nitrogen and oxygen atoms in total. The number of ether oxygens (including phenoxy) is 4. The molecule has 135 heavy (non-hydrogen) atoms. The number of hydrogen-bond donors (Lipinski definition) is 6. The Morgan fingerprint density at radius 2 is 0.630 bits per heavy atom. The van der Waals surface area contributed by atoms with Crippen LogP contribution in [0.15, 0.2) is 95.2 Å². The Labute approximate surface area is 800 Å². The van der Waals surface area contributed by atoms with Crippen molar-refractivity contribution >= 4 is 121 Å². The number of alkyl halides is 9. The highest BCUT2D eigenvalue weighted by Crippen LogP contribution is 2.78. The molecule has 8 unspecified atom stereocenters. The van der Waals surface area contributed by atoms with Gasteiger partial charge in [0.2, 0.25) is 20.9 Å². The SMILES string of the molecule is CCC(=O)O[C@]1(C(=O)O)[C@H](C)CC2C3C[C@H](F)C4=CC(=O)C=C[C@]4(C)[C@@]3(F)[C@@H](O)C[C@@]21C.CCC(=O)O[C@]1(C(=O)S)[C@H](C)CC2C3C[C@H](F)C4=CC(=O)C=C[C@]4(C)[C@@]3(F)[C@@H](O)C[C@@]21C.CCC(=O)O[C@]1(C(=O)SC(=O)N(C)C)[C@H](C)CC2C3C[C@H](F)C4=CC(=O)C=C[C@]4(C)[C@@]3(F)[C@@H](O)C[C@@]21C.CCC(=O)O[C@]1(C(=O)SCCl)[C@H](C)CC2C3C[C@H](F)C4=CC(=O)C=C[C@]4(C)[C@@]3(F)[C@@H](O)C[C@@]21C. The van der Waals surface area contributed by atoms with Gasteiger partial charge in [-0.25, -0.2) is 39.9 Å². The maximum atomic E-state index is 17.4. The van der Waals surface area contributed by atoms with Gasteiger partial charge in [0.15, 0.2) is 62.6 Å². The number of rotatable bonds is 13. The topological polar surface area (TPSA) is 363 Å².